The van der Waals surface area contributed by atoms with Gasteiger partial charge in [-0.25, -0.2) is 4.98 Å². The molecule has 2 aromatic carbocycles. The van der Waals surface area contributed by atoms with Crippen molar-refractivity contribution in [2.45, 2.75) is 44.6 Å². The molecule has 0 aliphatic heterocycles. The molecule has 128 valence electrons. The van der Waals surface area contributed by atoms with Crippen LogP contribution in [-0.4, -0.2) is 21.5 Å². The van der Waals surface area contributed by atoms with Gasteiger partial charge in [0.05, 0.1) is 11.0 Å². The van der Waals surface area contributed by atoms with Crippen LogP contribution < -0.4 is 5.32 Å². The summed E-state index contributed by atoms with van der Waals surface area (Å²) in [5, 5.41) is 3.20. The highest BCUT2D eigenvalue weighted by Crippen LogP contribution is 2.21. The average molecular weight is 333 g/mol. The molecule has 3 aromatic rings. The molecule has 1 aliphatic carbocycles. The van der Waals surface area contributed by atoms with Crippen molar-refractivity contribution in [3.05, 3.63) is 60.4 Å². The van der Waals surface area contributed by atoms with Crippen molar-refractivity contribution in [2.75, 3.05) is 0 Å². The highest BCUT2D eigenvalue weighted by molar-refractivity contribution is 5.97. The Labute approximate surface area is 147 Å². The van der Waals surface area contributed by atoms with Gasteiger partial charge < -0.3 is 5.32 Å². The average Bonchev–Trinajstić information content (AvgIpc) is 2.91. The third-order valence-electron chi connectivity index (χ3n) is 5.03. The number of carbonyl (C=O) groups is 1. The molecule has 1 aromatic heterocycles. The summed E-state index contributed by atoms with van der Waals surface area (Å²) in [6.45, 7) is 0. The maximum Gasteiger partial charge on any atom is 0.251 e. The summed E-state index contributed by atoms with van der Waals surface area (Å²) >= 11 is 0. The summed E-state index contributed by atoms with van der Waals surface area (Å²) in [6, 6.07) is 16.2. The molecule has 4 nitrogen and oxygen atoms in total. The largest absolute Gasteiger partial charge is 0.349 e. The Hall–Kier alpha value is -2.62. The normalized spacial score (nSPS) is 15.8. The Morgan fingerprint density at radius 2 is 1.76 bits per heavy atom. The Bertz CT molecular complexity index is 861. The Morgan fingerprint density at radius 1 is 1.00 bits per heavy atom. The number of para-hydroxylation sites is 1. The number of imidazole rings is 1. The minimum Gasteiger partial charge on any atom is -0.349 e. The van der Waals surface area contributed by atoms with Crippen LogP contribution in [0.5, 0.6) is 0 Å². The number of nitrogens with one attached hydrogen (secondary N) is 1. The van der Waals surface area contributed by atoms with E-state index in [0.717, 1.165) is 29.6 Å². The molecular formula is C21H23N3O. The van der Waals surface area contributed by atoms with Crippen LogP contribution in [0.4, 0.5) is 0 Å². The fourth-order valence-corrected chi connectivity index (χ4v) is 3.64. The number of aromatic nitrogens is 2. The van der Waals surface area contributed by atoms with E-state index in [9.17, 15) is 4.79 Å². The van der Waals surface area contributed by atoms with E-state index in [2.05, 4.69) is 10.3 Å². The smallest absolute Gasteiger partial charge is 0.251 e. The summed E-state index contributed by atoms with van der Waals surface area (Å²) in [5.41, 5.74) is 3.62. The number of rotatable bonds is 3. The molecule has 0 bridgehead atoms. The van der Waals surface area contributed by atoms with E-state index in [1.54, 1.807) is 0 Å². The van der Waals surface area contributed by atoms with Gasteiger partial charge in [0, 0.05) is 17.3 Å². The molecule has 4 heteroatoms. The minimum atomic E-state index is 0.0167. The van der Waals surface area contributed by atoms with Gasteiger partial charge in [0.15, 0.2) is 0 Å². The SMILES string of the molecule is O=C(NC1CCCCCC1)c1ccc2c(c1)ncn2-c1ccccc1. The zero-order valence-corrected chi connectivity index (χ0v) is 14.3. The quantitative estimate of drug-likeness (QED) is 0.719. The number of hydrogen-bond acceptors (Lipinski definition) is 2. The maximum absolute atomic E-state index is 12.6. The van der Waals surface area contributed by atoms with Crippen LogP contribution in [0.1, 0.15) is 48.9 Å². The van der Waals surface area contributed by atoms with Crippen LogP contribution in [0.3, 0.4) is 0 Å². The second-order valence-corrected chi connectivity index (χ2v) is 6.82. The van der Waals surface area contributed by atoms with Gasteiger partial charge in [0.2, 0.25) is 0 Å². The van der Waals surface area contributed by atoms with Gasteiger partial charge in [-0.05, 0) is 43.2 Å². The van der Waals surface area contributed by atoms with Crippen molar-refractivity contribution < 1.29 is 4.79 Å². The van der Waals surface area contributed by atoms with Gasteiger partial charge >= 0.3 is 0 Å². The maximum atomic E-state index is 12.6. The van der Waals surface area contributed by atoms with Crippen LogP contribution >= 0.6 is 0 Å². The lowest BCUT2D eigenvalue weighted by atomic mass is 10.1. The van der Waals surface area contributed by atoms with Crippen molar-refractivity contribution in [2.24, 2.45) is 0 Å². The molecule has 1 aliphatic rings. The van der Waals surface area contributed by atoms with Gasteiger partial charge in [-0.3, -0.25) is 9.36 Å². The molecule has 4 rings (SSSR count). The molecule has 1 amide bonds. The summed E-state index contributed by atoms with van der Waals surface area (Å²) in [6.07, 6.45) is 9.00. The van der Waals surface area contributed by atoms with Crippen LogP contribution in [0.25, 0.3) is 16.7 Å². The first-order chi connectivity index (χ1) is 12.3. The van der Waals surface area contributed by atoms with E-state index in [-0.39, 0.29) is 5.91 Å². The standard InChI is InChI=1S/C21H23N3O/c25-21(23-17-8-4-1-2-5-9-17)16-12-13-20-19(14-16)22-15-24(20)18-10-6-3-7-11-18/h3,6-7,10-15,17H,1-2,4-5,8-9H2,(H,23,25). The van der Waals surface area contributed by atoms with Gasteiger partial charge in [0.25, 0.3) is 5.91 Å². The van der Waals surface area contributed by atoms with Crippen LogP contribution in [0, 0.1) is 0 Å². The molecule has 1 heterocycles. The van der Waals surface area contributed by atoms with Crippen molar-refractivity contribution in [3.8, 4) is 5.69 Å². The Kier molecular flexibility index (Phi) is 4.51. The molecule has 1 fully saturated rings. The number of nitrogens with zero attached hydrogens (tertiary/aromatic N) is 2. The zero-order valence-electron chi connectivity index (χ0n) is 14.3. The molecular weight excluding hydrogens is 310 g/mol. The summed E-state index contributed by atoms with van der Waals surface area (Å²) < 4.78 is 2.04. The number of benzene rings is 2. The monoisotopic (exact) mass is 333 g/mol. The van der Waals surface area contributed by atoms with Crippen molar-refractivity contribution in [3.63, 3.8) is 0 Å². The third kappa shape index (κ3) is 3.43. The molecule has 1 N–H and O–H groups in total. The van der Waals surface area contributed by atoms with Crippen molar-refractivity contribution in [1.29, 1.82) is 0 Å². The second kappa shape index (κ2) is 7.09. The third-order valence-corrected chi connectivity index (χ3v) is 5.03. The van der Waals surface area contributed by atoms with E-state index < -0.39 is 0 Å². The van der Waals surface area contributed by atoms with E-state index in [0.29, 0.717) is 11.6 Å². The van der Waals surface area contributed by atoms with Crippen molar-refractivity contribution >= 4 is 16.9 Å². The topological polar surface area (TPSA) is 46.9 Å². The summed E-state index contributed by atoms with van der Waals surface area (Å²) in [4.78, 5) is 17.1. The van der Waals surface area contributed by atoms with E-state index in [1.807, 2.05) is 59.4 Å². The highest BCUT2D eigenvalue weighted by Gasteiger charge is 2.16. The molecule has 0 spiro atoms. The van der Waals surface area contributed by atoms with Gasteiger partial charge in [-0.15, -0.1) is 0 Å². The van der Waals surface area contributed by atoms with E-state index >= 15 is 0 Å². The molecule has 0 atom stereocenters. The first-order valence-corrected chi connectivity index (χ1v) is 9.15. The van der Waals surface area contributed by atoms with Crippen LogP contribution in [0.15, 0.2) is 54.9 Å². The first kappa shape index (κ1) is 15.9. The minimum absolute atomic E-state index is 0.0167. The lowest BCUT2D eigenvalue weighted by Crippen LogP contribution is -2.34. The Balaban J connectivity index is 1.56. The van der Waals surface area contributed by atoms with Crippen molar-refractivity contribution in [1.82, 2.24) is 14.9 Å². The lowest BCUT2D eigenvalue weighted by molar-refractivity contribution is 0.0933. The molecule has 25 heavy (non-hydrogen) atoms. The molecule has 1 saturated carbocycles. The molecule has 0 saturated heterocycles. The molecule has 0 radical (unpaired) electrons. The number of fused-ring (bicyclic) bond motifs is 1. The van der Waals surface area contributed by atoms with Crippen LogP contribution in [0.2, 0.25) is 0 Å². The summed E-state index contributed by atoms with van der Waals surface area (Å²) in [5.74, 6) is 0.0167. The highest BCUT2D eigenvalue weighted by atomic mass is 16.1. The van der Waals surface area contributed by atoms with Gasteiger partial charge in [-0.1, -0.05) is 43.9 Å². The Morgan fingerprint density at radius 3 is 2.52 bits per heavy atom. The van der Waals surface area contributed by atoms with E-state index in [4.69, 9.17) is 0 Å². The zero-order chi connectivity index (χ0) is 17.1. The molecule has 0 unspecified atom stereocenters. The second-order valence-electron chi connectivity index (χ2n) is 6.82. The number of hydrogen-bond donors (Lipinski definition) is 1. The lowest BCUT2D eigenvalue weighted by Gasteiger charge is -2.16. The van der Waals surface area contributed by atoms with E-state index in [1.165, 1.54) is 25.7 Å². The fourth-order valence-electron chi connectivity index (χ4n) is 3.64. The number of carbonyl (C=O) groups excluding carboxylic acids is 1. The van der Waals surface area contributed by atoms with Crippen LogP contribution in [-0.2, 0) is 0 Å². The van der Waals surface area contributed by atoms with Gasteiger partial charge in [0.1, 0.15) is 6.33 Å². The predicted octanol–water partition coefficient (Wildman–Crippen LogP) is 4.48. The summed E-state index contributed by atoms with van der Waals surface area (Å²) in [7, 11) is 0. The predicted molar refractivity (Wildman–Crippen MR) is 100 cm³/mol. The first-order valence-electron chi connectivity index (χ1n) is 9.15. The van der Waals surface area contributed by atoms with Gasteiger partial charge in [-0.2, -0.15) is 0 Å². The number of amides is 1. The fraction of sp³-hybridized carbons (Fsp3) is 0.333.